The number of hydrogen-bond acceptors (Lipinski definition) is 4. The third-order valence-electron chi connectivity index (χ3n) is 6.16. The van der Waals surface area contributed by atoms with Gasteiger partial charge in [-0.15, -0.1) is 12.4 Å². The zero-order valence-corrected chi connectivity index (χ0v) is 22.7. The van der Waals surface area contributed by atoms with Gasteiger partial charge in [0, 0.05) is 30.3 Å². The van der Waals surface area contributed by atoms with Gasteiger partial charge in [-0.2, -0.15) is 0 Å². The molecule has 3 rings (SSSR count). The number of anilines is 1. The second-order valence-corrected chi connectivity index (χ2v) is 9.03. The Morgan fingerprint density at radius 2 is 1.80 bits per heavy atom. The van der Waals surface area contributed by atoms with Crippen LogP contribution in [0.15, 0.2) is 42.5 Å². The summed E-state index contributed by atoms with van der Waals surface area (Å²) in [4.78, 5) is 17.2. The molecule has 0 bridgehead atoms. The fraction of sp³-hybridized carbons (Fsp3) is 0.464. The first-order chi connectivity index (χ1) is 16.6. The number of rotatable bonds is 13. The first-order valence-electron chi connectivity index (χ1n) is 12.4. The highest BCUT2D eigenvalue weighted by atomic mass is 35.5. The summed E-state index contributed by atoms with van der Waals surface area (Å²) >= 11 is 6.22. The largest absolute Gasteiger partial charge is 0.493 e. The van der Waals surface area contributed by atoms with E-state index in [9.17, 15) is 4.79 Å². The van der Waals surface area contributed by atoms with Gasteiger partial charge in [0.1, 0.15) is 6.61 Å². The summed E-state index contributed by atoms with van der Waals surface area (Å²) in [6.07, 6.45) is 8.92. The predicted octanol–water partition coefficient (Wildman–Crippen LogP) is 6.65. The van der Waals surface area contributed by atoms with Gasteiger partial charge in [-0.1, -0.05) is 56.5 Å². The maximum Gasteiger partial charge on any atom is 0.251 e. The van der Waals surface area contributed by atoms with Crippen molar-refractivity contribution in [2.24, 2.45) is 0 Å². The monoisotopic (exact) mass is 520 g/mol. The maximum absolute atomic E-state index is 13.0. The molecule has 192 valence electrons. The molecule has 0 N–H and O–H groups in total. The molecule has 2 aromatic rings. The number of unbranched alkanes of at least 4 members (excludes halogenated alkanes) is 2. The Morgan fingerprint density at radius 3 is 2.46 bits per heavy atom. The third kappa shape index (κ3) is 8.16. The number of hydrogen-bond donors (Lipinski definition) is 0. The second-order valence-electron chi connectivity index (χ2n) is 8.62. The van der Waals surface area contributed by atoms with Gasteiger partial charge in [-0.05, 0) is 61.7 Å². The van der Waals surface area contributed by atoms with Crippen LogP contribution in [0.1, 0.15) is 50.7 Å². The van der Waals surface area contributed by atoms with Crippen molar-refractivity contribution in [1.82, 2.24) is 4.90 Å². The number of amides is 1. The molecule has 7 heteroatoms. The zero-order chi connectivity index (χ0) is 24.3. The van der Waals surface area contributed by atoms with E-state index in [4.69, 9.17) is 21.1 Å². The topological polar surface area (TPSA) is 42.0 Å². The summed E-state index contributed by atoms with van der Waals surface area (Å²) in [5.74, 6) is 1.33. The molecule has 0 saturated heterocycles. The highest BCUT2D eigenvalue weighted by Gasteiger charge is 2.26. The molecular weight excluding hydrogens is 483 g/mol. The number of fused-ring (bicyclic) bond motifs is 1. The maximum atomic E-state index is 13.0. The van der Waals surface area contributed by atoms with Crippen molar-refractivity contribution in [2.45, 2.75) is 46.0 Å². The number of halogens is 2. The Kier molecular flexibility index (Phi) is 12.5. The normalized spacial score (nSPS) is 12.7. The lowest BCUT2D eigenvalue weighted by molar-refractivity contribution is -0.114. The van der Waals surface area contributed by atoms with Gasteiger partial charge in [-0.25, -0.2) is 0 Å². The van der Waals surface area contributed by atoms with Gasteiger partial charge < -0.3 is 14.4 Å². The molecule has 0 unspecified atom stereocenters. The fourth-order valence-electron chi connectivity index (χ4n) is 4.14. The van der Waals surface area contributed by atoms with Crippen LogP contribution >= 0.6 is 24.0 Å². The lowest BCUT2D eigenvalue weighted by Crippen LogP contribution is -2.30. The quantitative estimate of drug-likeness (QED) is 0.277. The Morgan fingerprint density at radius 1 is 1.09 bits per heavy atom. The minimum absolute atomic E-state index is 0. The first-order valence-corrected chi connectivity index (χ1v) is 12.7. The molecule has 1 aliphatic rings. The van der Waals surface area contributed by atoms with E-state index in [1.54, 1.807) is 24.2 Å². The Balaban J connectivity index is 0.00000432. The standard InChI is InChI=1S/C28H37ClN2O3.ClH/c1-4-6-15-30(16-7-5-2)18-19-34-27-21-25-23(20-26(27)33-3)14-17-31(25)28(32)13-12-22-10-8-9-11-24(22)29;/h8-13,20-21H,4-7,14-19H2,1-3H3;1H/b13-12+;. The summed E-state index contributed by atoms with van der Waals surface area (Å²) in [7, 11) is 1.66. The van der Waals surface area contributed by atoms with Crippen molar-refractivity contribution in [3.8, 4) is 11.5 Å². The minimum atomic E-state index is -0.0694. The molecule has 1 aliphatic heterocycles. The molecule has 0 aliphatic carbocycles. The molecule has 35 heavy (non-hydrogen) atoms. The number of methoxy groups -OCH3 is 1. The lowest BCUT2D eigenvalue weighted by Gasteiger charge is -2.23. The predicted molar refractivity (Wildman–Crippen MR) is 149 cm³/mol. The second kappa shape index (κ2) is 15.0. The molecule has 0 radical (unpaired) electrons. The minimum Gasteiger partial charge on any atom is -0.493 e. The van der Waals surface area contributed by atoms with Crippen LogP contribution in [0.4, 0.5) is 5.69 Å². The van der Waals surface area contributed by atoms with Gasteiger partial charge in [0.2, 0.25) is 0 Å². The molecule has 1 heterocycles. The van der Waals surface area contributed by atoms with Crippen LogP contribution in [0, 0.1) is 0 Å². The van der Waals surface area contributed by atoms with Crippen LogP contribution < -0.4 is 14.4 Å². The Hall–Kier alpha value is -2.21. The van der Waals surface area contributed by atoms with Crippen molar-refractivity contribution in [3.63, 3.8) is 0 Å². The number of nitrogens with zero attached hydrogens (tertiary/aromatic N) is 2. The van der Waals surface area contributed by atoms with Gasteiger partial charge in [-0.3, -0.25) is 9.69 Å². The molecule has 0 aromatic heterocycles. The SMILES string of the molecule is CCCCN(CCCC)CCOc1cc2c(cc1OC)CCN2C(=O)/C=C/c1ccccc1Cl.Cl. The Labute approximate surface area is 221 Å². The van der Waals surface area contributed by atoms with Crippen molar-refractivity contribution < 1.29 is 14.3 Å². The lowest BCUT2D eigenvalue weighted by atomic mass is 10.1. The van der Waals surface area contributed by atoms with E-state index in [2.05, 4.69) is 18.7 Å². The average molecular weight is 522 g/mol. The van der Waals surface area contributed by atoms with Crippen LogP contribution in [0.2, 0.25) is 5.02 Å². The van der Waals surface area contributed by atoms with E-state index in [-0.39, 0.29) is 18.3 Å². The number of carbonyl (C=O) groups is 1. The van der Waals surface area contributed by atoms with Gasteiger partial charge in [0.15, 0.2) is 11.5 Å². The summed E-state index contributed by atoms with van der Waals surface area (Å²) < 4.78 is 11.8. The van der Waals surface area contributed by atoms with Crippen molar-refractivity contribution in [2.75, 3.05) is 44.8 Å². The third-order valence-corrected chi connectivity index (χ3v) is 6.50. The summed E-state index contributed by atoms with van der Waals surface area (Å²) in [5.41, 5.74) is 2.81. The van der Waals surface area contributed by atoms with Gasteiger partial charge in [0.25, 0.3) is 5.91 Å². The zero-order valence-electron chi connectivity index (χ0n) is 21.1. The Bertz CT molecular complexity index is 973. The average Bonchev–Trinajstić information content (AvgIpc) is 3.27. The van der Waals surface area contributed by atoms with Crippen LogP contribution in [0.3, 0.4) is 0 Å². The van der Waals surface area contributed by atoms with Gasteiger partial charge >= 0.3 is 0 Å². The van der Waals surface area contributed by atoms with Crippen LogP contribution in [-0.2, 0) is 11.2 Å². The van der Waals surface area contributed by atoms with E-state index < -0.39 is 0 Å². The van der Waals surface area contributed by atoms with Crippen LogP contribution in [0.25, 0.3) is 6.08 Å². The van der Waals surface area contributed by atoms with E-state index in [1.807, 2.05) is 36.4 Å². The molecule has 0 spiro atoms. The molecule has 1 amide bonds. The van der Waals surface area contributed by atoms with E-state index >= 15 is 0 Å². The molecule has 0 saturated carbocycles. The van der Waals surface area contributed by atoms with E-state index in [0.717, 1.165) is 42.9 Å². The molecule has 0 atom stereocenters. The van der Waals surface area contributed by atoms with E-state index in [0.29, 0.717) is 29.7 Å². The smallest absolute Gasteiger partial charge is 0.251 e. The molecular formula is C28H38Cl2N2O3. The highest BCUT2D eigenvalue weighted by Crippen LogP contribution is 2.39. The van der Waals surface area contributed by atoms with E-state index in [1.165, 1.54) is 25.7 Å². The summed E-state index contributed by atoms with van der Waals surface area (Å²) in [6.45, 7) is 8.74. The summed E-state index contributed by atoms with van der Waals surface area (Å²) in [6, 6.07) is 11.4. The molecule has 0 fully saturated rings. The van der Waals surface area contributed by atoms with Gasteiger partial charge in [0.05, 0.1) is 12.8 Å². The first kappa shape index (κ1) is 29.0. The summed E-state index contributed by atoms with van der Waals surface area (Å²) in [5, 5.41) is 0.626. The molecule has 2 aromatic carbocycles. The highest BCUT2D eigenvalue weighted by molar-refractivity contribution is 6.32. The molecule has 5 nitrogen and oxygen atoms in total. The van der Waals surface area contributed by atoms with Crippen molar-refractivity contribution >= 4 is 41.7 Å². The number of carbonyl (C=O) groups excluding carboxylic acids is 1. The number of ether oxygens (including phenoxy) is 2. The fourth-order valence-corrected chi connectivity index (χ4v) is 4.34. The number of benzene rings is 2. The van der Waals surface area contributed by atoms with Crippen LogP contribution in [0.5, 0.6) is 11.5 Å². The van der Waals surface area contributed by atoms with Crippen molar-refractivity contribution in [3.05, 3.63) is 58.6 Å². The van der Waals surface area contributed by atoms with Crippen molar-refractivity contribution in [1.29, 1.82) is 0 Å². The van der Waals surface area contributed by atoms with Crippen LogP contribution in [-0.4, -0.2) is 50.7 Å².